The first-order valence-corrected chi connectivity index (χ1v) is 7.28. The summed E-state index contributed by atoms with van der Waals surface area (Å²) in [6.07, 6.45) is -2.29. The smallest absolute Gasteiger partial charge is 0.186 e. The molecule has 5 atom stereocenters. The van der Waals surface area contributed by atoms with Crippen molar-refractivity contribution in [2.24, 2.45) is 0 Å². The normalized spacial score (nSPS) is 39.9. The first-order valence-electron chi connectivity index (χ1n) is 7.28. The highest BCUT2D eigenvalue weighted by Crippen LogP contribution is 2.21. The summed E-state index contributed by atoms with van der Waals surface area (Å²) in [7, 11) is 0. The maximum absolute atomic E-state index is 9.80. The number of rotatable bonds is 5. The number of nitrogens with zero attached hydrogens (tertiary/aromatic N) is 1. The third-order valence-electron chi connectivity index (χ3n) is 3.99. The molecule has 0 aromatic rings. The second-order valence-electron chi connectivity index (χ2n) is 5.47. The minimum Gasteiger partial charge on any atom is -0.394 e. The van der Waals surface area contributed by atoms with E-state index in [9.17, 15) is 15.3 Å². The first-order chi connectivity index (χ1) is 9.63. The van der Waals surface area contributed by atoms with E-state index in [-0.39, 0.29) is 0 Å². The molecule has 7 heteroatoms. The number of aliphatic hydroxyl groups excluding tert-OH is 4. The molecule has 118 valence electrons. The van der Waals surface area contributed by atoms with Crippen LogP contribution in [0.25, 0.3) is 0 Å². The molecule has 2 aliphatic rings. The van der Waals surface area contributed by atoms with Gasteiger partial charge in [0, 0.05) is 6.54 Å². The summed E-state index contributed by atoms with van der Waals surface area (Å²) in [4.78, 5) is 2.29. The van der Waals surface area contributed by atoms with Crippen molar-refractivity contribution in [3.63, 3.8) is 0 Å². The van der Waals surface area contributed by atoms with Crippen molar-refractivity contribution in [1.82, 2.24) is 4.90 Å². The summed E-state index contributed by atoms with van der Waals surface area (Å²) >= 11 is 0. The fraction of sp³-hybridized carbons (Fsp3) is 1.00. The van der Waals surface area contributed by atoms with Crippen LogP contribution in [0.15, 0.2) is 0 Å². The molecule has 7 nitrogen and oxygen atoms in total. The summed E-state index contributed by atoms with van der Waals surface area (Å²) in [5, 5.41) is 38.2. The van der Waals surface area contributed by atoms with E-state index in [2.05, 4.69) is 4.90 Å². The predicted molar refractivity (Wildman–Crippen MR) is 70.0 cm³/mol. The average Bonchev–Trinajstić information content (AvgIpc) is 2.48. The zero-order valence-electron chi connectivity index (χ0n) is 11.6. The lowest BCUT2D eigenvalue weighted by molar-refractivity contribution is -0.301. The van der Waals surface area contributed by atoms with Gasteiger partial charge in [-0.2, -0.15) is 0 Å². The van der Waals surface area contributed by atoms with Gasteiger partial charge in [-0.15, -0.1) is 0 Å². The van der Waals surface area contributed by atoms with Crippen LogP contribution in [0.4, 0.5) is 0 Å². The second-order valence-corrected chi connectivity index (χ2v) is 5.47. The van der Waals surface area contributed by atoms with Gasteiger partial charge in [0.15, 0.2) is 6.29 Å². The van der Waals surface area contributed by atoms with Crippen LogP contribution < -0.4 is 0 Å². The quantitative estimate of drug-likeness (QED) is 0.478. The average molecular weight is 291 g/mol. The van der Waals surface area contributed by atoms with Crippen LogP contribution in [-0.4, -0.2) is 88.9 Å². The van der Waals surface area contributed by atoms with E-state index in [0.29, 0.717) is 6.61 Å². The van der Waals surface area contributed by atoms with Gasteiger partial charge >= 0.3 is 0 Å². The lowest BCUT2D eigenvalue weighted by Crippen LogP contribution is -2.59. The molecule has 0 aliphatic carbocycles. The van der Waals surface area contributed by atoms with Crippen LogP contribution in [0.3, 0.4) is 0 Å². The van der Waals surface area contributed by atoms with Crippen molar-refractivity contribution in [3.05, 3.63) is 0 Å². The van der Waals surface area contributed by atoms with Gasteiger partial charge in [0.25, 0.3) is 0 Å². The molecule has 0 amide bonds. The molecule has 2 aliphatic heterocycles. The van der Waals surface area contributed by atoms with Gasteiger partial charge in [0.2, 0.25) is 0 Å². The van der Waals surface area contributed by atoms with Gasteiger partial charge < -0.3 is 34.8 Å². The molecular formula is C13H25NO6. The Morgan fingerprint density at radius 2 is 1.70 bits per heavy atom. The van der Waals surface area contributed by atoms with E-state index >= 15 is 0 Å². The number of hydrogen-bond acceptors (Lipinski definition) is 7. The largest absolute Gasteiger partial charge is 0.394 e. The third kappa shape index (κ3) is 3.88. The Morgan fingerprint density at radius 3 is 2.35 bits per heavy atom. The SMILES string of the molecule is OC[C@H]1O[C@@H](OCCN2CCCCC2)[C@H](O)[C@@H](O)[C@H]1O. The molecule has 0 radical (unpaired) electrons. The van der Waals surface area contributed by atoms with Gasteiger partial charge in [0.1, 0.15) is 24.4 Å². The minimum atomic E-state index is -1.37. The maximum atomic E-state index is 9.80. The highest BCUT2D eigenvalue weighted by molar-refractivity contribution is 4.88. The van der Waals surface area contributed by atoms with Gasteiger partial charge in [-0.3, -0.25) is 0 Å². The van der Waals surface area contributed by atoms with Crippen LogP contribution >= 0.6 is 0 Å². The Morgan fingerprint density at radius 1 is 1.00 bits per heavy atom. The molecule has 2 rings (SSSR count). The molecule has 0 aromatic heterocycles. The highest BCUT2D eigenvalue weighted by Gasteiger charge is 2.43. The minimum absolute atomic E-state index is 0.378. The molecule has 20 heavy (non-hydrogen) atoms. The van der Waals surface area contributed by atoms with Gasteiger partial charge in [0.05, 0.1) is 13.2 Å². The standard InChI is InChI=1S/C13H25NO6/c15-8-9-10(16)11(17)12(18)13(20-9)19-7-6-14-4-2-1-3-5-14/h9-13,15-18H,1-8H2/t9-,10+,11+,12-,13-/m1/s1. The maximum Gasteiger partial charge on any atom is 0.186 e. The monoisotopic (exact) mass is 291 g/mol. The summed E-state index contributed by atoms with van der Waals surface area (Å²) in [5.41, 5.74) is 0. The Balaban J connectivity index is 1.76. The van der Waals surface area contributed by atoms with Crippen molar-refractivity contribution < 1.29 is 29.9 Å². The van der Waals surface area contributed by atoms with Gasteiger partial charge in [-0.25, -0.2) is 0 Å². The molecule has 0 bridgehead atoms. The van der Waals surface area contributed by atoms with Crippen LogP contribution in [0.1, 0.15) is 19.3 Å². The summed E-state index contributed by atoms with van der Waals surface area (Å²) in [5.74, 6) is 0. The number of likely N-dealkylation sites (tertiary alicyclic amines) is 1. The number of ether oxygens (including phenoxy) is 2. The summed E-state index contributed by atoms with van der Waals surface area (Å²) in [6, 6.07) is 0. The zero-order valence-corrected chi connectivity index (χ0v) is 11.6. The second kappa shape index (κ2) is 7.65. The summed E-state index contributed by atoms with van der Waals surface area (Å²) in [6.45, 7) is 2.80. The lowest BCUT2D eigenvalue weighted by Gasteiger charge is -2.39. The Hall–Kier alpha value is -0.280. The van der Waals surface area contributed by atoms with E-state index in [1.165, 1.54) is 19.3 Å². The molecule has 2 saturated heterocycles. The summed E-state index contributed by atoms with van der Waals surface area (Å²) < 4.78 is 10.7. The predicted octanol–water partition coefficient (Wildman–Crippen LogP) is -1.71. The Labute approximate surface area is 118 Å². The van der Waals surface area contributed by atoms with Gasteiger partial charge in [-0.05, 0) is 25.9 Å². The first kappa shape index (κ1) is 16.1. The van der Waals surface area contributed by atoms with Crippen LogP contribution in [0.2, 0.25) is 0 Å². The van der Waals surface area contributed by atoms with Crippen LogP contribution in [-0.2, 0) is 9.47 Å². The third-order valence-corrected chi connectivity index (χ3v) is 3.99. The highest BCUT2D eigenvalue weighted by atomic mass is 16.7. The van der Waals surface area contributed by atoms with Gasteiger partial charge in [-0.1, -0.05) is 6.42 Å². The molecule has 0 aromatic carbocycles. The number of piperidine rings is 1. The fourth-order valence-electron chi connectivity index (χ4n) is 2.69. The van der Waals surface area contributed by atoms with E-state index in [1.807, 2.05) is 0 Å². The van der Waals surface area contributed by atoms with E-state index in [4.69, 9.17) is 14.6 Å². The topological polar surface area (TPSA) is 103 Å². The fourth-order valence-corrected chi connectivity index (χ4v) is 2.69. The van der Waals surface area contributed by atoms with Crippen molar-refractivity contribution in [2.75, 3.05) is 32.8 Å². The molecule has 2 fully saturated rings. The molecule has 4 N–H and O–H groups in total. The number of hydrogen-bond donors (Lipinski definition) is 4. The van der Waals surface area contributed by atoms with Crippen LogP contribution in [0, 0.1) is 0 Å². The molecule has 2 heterocycles. The number of aliphatic hydroxyl groups is 4. The molecular weight excluding hydrogens is 266 g/mol. The van der Waals surface area contributed by atoms with E-state index < -0.39 is 37.3 Å². The lowest BCUT2D eigenvalue weighted by atomic mass is 9.99. The van der Waals surface area contributed by atoms with Crippen LogP contribution in [0.5, 0.6) is 0 Å². The van der Waals surface area contributed by atoms with E-state index in [1.54, 1.807) is 0 Å². The molecule has 0 saturated carbocycles. The molecule has 0 unspecified atom stereocenters. The van der Waals surface area contributed by atoms with Crippen molar-refractivity contribution >= 4 is 0 Å². The Kier molecular flexibility index (Phi) is 6.16. The Bertz CT molecular complexity index is 284. The van der Waals surface area contributed by atoms with E-state index in [0.717, 1.165) is 19.6 Å². The van der Waals surface area contributed by atoms with Crippen molar-refractivity contribution in [3.8, 4) is 0 Å². The zero-order chi connectivity index (χ0) is 14.5. The molecule has 0 spiro atoms. The van der Waals surface area contributed by atoms with Crippen molar-refractivity contribution in [1.29, 1.82) is 0 Å². The van der Waals surface area contributed by atoms with Crippen molar-refractivity contribution in [2.45, 2.75) is 50.0 Å².